The lowest BCUT2D eigenvalue weighted by Gasteiger charge is -2.26. The fourth-order valence-corrected chi connectivity index (χ4v) is 5.15. The number of halogens is 1. The van der Waals surface area contributed by atoms with Crippen LogP contribution in [0.4, 0.5) is 16.0 Å². The first-order valence-electron chi connectivity index (χ1n) is 11.1. The Morgan fingerprint density at radius 3 is 2.50 bits per heavy atom. The Kier molecular flexibility index (Phi) is 5.23. The molecule has 2 aromatic rings. The lowest BCUT2D eigenvalue weighted by molar-refractivity contribution is 0.414. The largest absolute Gasteiger partial charge is 0.495 e. The van der Waals surface area contributed by atoms with E-state index in [1.54, 1.807) is 18.7 Å². The van der Waals surface area contributed by atoms with Crippen molar-refractivity contribution >= 4 is 23.4 Å². The van der Waals surface area contributed by atoms with Crippen molar-refractivity contribution in [1.82, 2.24) is 9.55 Å². The molecule has 0 saturated carbocycles. The normalized spacial score (nSPS) is 24.9. The topological polar surface area (TPSA) is 63.0 Å². The zero-order valence-corrected chi connectivity index (χ0v) is 18.7. The number of rotatable bonds is 4. The van der Waals surface area contributed by atoms with Crippen LogP contribution < -0.4 is 20.1 Å². The zero-order chi connectivity index (χ0) is 22.4. The van der Waals surface area contributed by atoms with Crippen molar-refractivity contribution in [2.45, 2.75) is 19.4 Å². The van der Waals surface area contributed by atoms with Gasteiger partial charge >= 0.3 is 0 Å². The number of anilines is 2. The van der Waals surface area contributed by atoms with Gasteiger partial charge in [-0.2, -0.15) is 0 Å². The van der Waals surface area contributed by atoms with Crippen molar-refractivity contribution < 1.29 is 9.13 Å². The van der Waals surface area contributed by atoms with Crippen LogP contribution in [0.1, 0.15) is 19.0 Å². The van der Waals surface area contributed by atoms with Gasteiger partial charge in [-0.15, -0.1) is 0 Å². The van der Waals surface area contributed by atoms with Gasteiger partial charge in [-0.05, 0) is 25.5 Å². The minimum absolute atomic E-state index is 0.0223. The van der Waals surface area contributed by atoms with E-state index in [4.69, 9.17) is 9.72 Å². The molecule has 5 rings (SSSR count). The fourth-order valence-electron chi connectivity index (χ4n) is 5.15. The average molecular weight is 438 g/mol. The molecule has 1 aromatic carbocycles. The smallest absolute Gasteiger partial charge is 0.255 e. The fraction of sp³-hybridized carbons (Fsp3) is 0.458. The van der Waals surface area contributed by atoms with E-state index in [0.717, 1.165) is 37.6 Å². The molecule has 1 aromatic heterocycles. The number of aromatic nitrogens is 2. The monoisotopic (exact) mass is 437 g/mol. The average Bonchev–Trinajstić information content (AvgIpc) is 3.36. The zero-order valence-electron chi connectivity index (χ0n) is 18.7. The Hall–Kier alpha value is -3.16. The summed E-state index contributed by atoms with van der Waals surface area (Å²) in [5, 5.41) is 0. The molecule has 8 heteroatoms. The summed E-state index contributed by atoms with van der Waals surface area (Å²) in [5.74, 6) is 2.04. The number of nitrogens with zero attached hydrogens (tertiary/aromatic N) is 5. The molecule has 3 aliphatic rings. The molecule has 1 unspecified atom stereocenters. The van der Waals surface area contributed by atoms with Crippen LogP contribution in [0.25, 0.3) is 5.57 Å². The second kappa shape index (κ2) is 8.07. The number of dihydropyridines is 1. The molecule has 0 bridgehead atoms. The predicted molar refractivity (Wildman–Crippen MR) is 124 cm³/mol. The van der Waals surface area contributed by atoms with Gasteiger partial charge in [-0.1, -0.05) is 12.1 Å². The van der Waals surface area contributed by atoms with Crippen molar-refractivity contribution in [3.05, 3.63) is 52.2 Å². The van der Waals surface area contributed by atoms with Crippen LogP contribution in [0, 0.1) is 11.8 Å². The maximum Gasteiger partial charge on any atom is 0.255 e. The lowest BCUT2D eigenvalue weighted by Crippen LogP contribution is -2.34. The molecule has 0 N–H and O–H groups in total. The third-order valence-corrected chi connectivity index (χ3v) is 6.85. The number of ether oxygens (including phenoxy) is 1. The standard InChI is InChI=1S/C24H28FN5O2/c1-15-8-18(19(25)10-26-15)20-9-23(31)28(2)24(27-20)30-13-16-11-29(12-17(16)14-30)21-6-4-5-7-22(21)32-3/h4-7,9-10,15-17H,8,11-14H2,1-3H3/t15?,16-,17+. The number of para-hydroxylation sites is 2. The second-order valence-electron chi connectivity index (χ2n) is 9.00. The molecule has 32 heavy (non-hydrogen) atoms. The highest BCUT2D eigenvalue weighted by Gasteiger charge is 2.41. The predicted octanol–water partition coefficient (Wildman–Crippen LogP) is 2.91. The molecule has 168 valence electrons. The number of benzene rings is 1. The van der Waals surface area contributed by atoms with Crippen LogP contribution in [0.2, 0.25) is 0 Å². The van der Waals surface area contributed by atoms with Crippen LogP contribution in [-0.2, 0) is 7.05 Å². The van der Waals surface area contributed by atoms with E-state index in [-0.39, 0.29) is 11.6 Å². The van der Waals surface area contributed by atoms with Crippen molar-refractivity contribution in [1.29, 1.82) is 0 Å². The van der Waals surface area contributed by atoms with Crippen molar-refractivity contribution in [3.8, 4) is 5.75 Å². The quantitative estimate of drug-likeness (QED) is 0.736. The van der Waals surface area contributed by atoms with Crippen LogP contribution >= 0.6 is 0 Å². The SMILES string of the molecule is COc1ccccc1N1C[C@@H]2CN(c3nc(C4=C(F)C=NC(C)C4)cc(=O)n3C)C[C@@H]2C1. The number of fused-ring (bicyclic) bond motifs is 1. The third kappa shape index (κ3) is 3.57. The van der Waals surface area contributed by atoms with Gasteiger partial charge in [0.15, 0.2) is 0 Å². The van der Waals surface area contributed by atoms with Crippen molar-refractivity contribution in [2.24, 2.45) is 23.9 Å². The summed E-state index contributed by atoms with van der Waals surface area (Å²) in [6.45, 7) is 5.44. The third-order valence-electron chi connectivity index (χ3n) is 6.85. The maximum absolute atomic E-state index is 14.5. The summed E-state index contributed by atoms with van der Waals surface area (Å²) >= 11 is 0. The van der Waals surface area contributed by atoms with E-state index in [1.807, 2.05) is 25.1 Å². The minimum atomic E-state index is -0.402. The van der Waals surface area contributed by atoms with E-state index in [9.17, 15) is 9.18 Å². The Bertz CT molecular complexity index is 1140. The van der Waals surface area contributed by atoms with Crippen LogP contribution in [0.15, 0.2) is 45.9 Å². The Morgan fingerprint density at radius 2 is 1.78 bits per heavy atom. The van der Waals surface area contributed by atoms with E-state index in [0.29, 0.717) is 35.5 Å². The molecule has 0 amide bonds. The Morgan fingerprint density at radius 1 is 1.09 bits per heavy atom. The summed E-state index contributed by atoms with van der Waals surface area (Å²) in [5.41, 5.74) is 1.84. The van der Waals surface area contributed by atoms with Gasteiger partial charge in [0, 0.05) is 56.7 Å². The first kappa shape index (κ1) is 20.7. The van der Waals surface area contributed by atoms with E-state index < -0.39 is 5.83 Å². The van der Waals surface area contributed by atoms with Gasteiger partial charge in [-0.3, -0.25) is 14.4 Å². The Labute approximate surface area is 186 Å². The van der Waals surface area contributed by atoms with E-state index >= 15 is 0 Å². The molecule has 0 aliphatic carbocycles. The molecular weight excluding hydrogens is 409 g/mol. The molecule has 3 aliphatic heterocycles. The Balaban J connectivity index is 1.38. The molecule has 3 atom stereocenters. The summed E-state index contributed by atoms with van der Waals surface area (Å²) in [7, 11) is 3.44. The summed E-state index contributed by atoms with van der Waals surface area (Å²) in [6.07, 6.45) is 1.69. The van der Waals surface area contributed by atoms with Crippen LogP contribution in [0.5, 0.6) is 5.75 Å². The maximum atomic E-state index is 14.5. The molecule has 2 saturated heterocycles. The molecule has 0 radical (unpaired) electrons. The number of aliphatic imine (C=N–C) groups is 1. The second-order valence-corrected chi connectivity index (χ2v) is 9.00. The first-order chi connectivity index (χ1) is 15.4. The van der Waals surface area contributed by atoms with Crippen LogP contribution in [-0.4, -0.2) is 55.1 Å². The van der Waals surface area contributed by atoms with Gasteiger partial charge < -0.3 is 14.5 Å². The molecule has 7 nitrogen and oxygen atoms in total. The van der Waals surface area contributed by atoms with Gasteiger partial charge in [0.2, 0.25) is 5.95 Å². The van der Waals surface area contributed by atoms with E-state index in [2.05, 4.69) is 20.9 Å². The number of hydrogen-bond donors (Lipinski definition) is 0. The highest BCUT2D eigenvalue weighted by molar-refractivity contribution is 5.89. The van der Waals surface area contributed by atoms with Gasteiger partial charge in [-0.25, -0.2) is 9.37 Å². The van der Waals surface area contributed by atoms with Crippen LogP contribution in [0.3, 0.4) is 0 Å². The van der Waals surface area contributed by atoms with Gasteiger partial charge in [0.1, 0.15) is 11.6 Å². The number of hydrogen-bond acceptors (Lipinski definition) is 6. The lowest BCUT2D eigenvalue weighted by atomic mass is 10.0. The summed E-state index contributed by atoms with van der Waals surface area (Å²) in [4.78, 5) is 26.1. The first-order valence-corrected chi connectivity index (χ1v) is 11.1. The minimum Gasteiger partial charge on any atom is -0.495 e. The van der Waals surface area contributed by atoms with E-state index in [1.165, 1.54) is 12.3 Å². The molecule has 2 fully saturated rings. The summed E-state index contributed by atoms with van der Waals surface area (Å²) in [6, 6.07) is 9.52. The molecule has 4 heterocycles. The molecular formula is C24H28FN5O2. The van der Waals surface area contributed by atoms with Gasteiger partial charge in [0.05, 0.1) is 30.7 Å². The number of methoxy groups -OCH3 is 1. The van der Waals surface area contributed by atoms with Gasteiger partial charge in [0.25, 0.3) is 5.56 Å². The van der Waals surface area contributed by atoms with Crippen molar-refractivity contribution in [3.63, 3.8) is 0 Å². The molecule has 0 spiro atoms. The van der Waals surface area contributed by atoms with Crippen molar-refractivity contribution in [2.75, 3.05) is 43.1 Å². The summed E-state index contributed by atoms with van der Waals surface area (Å²) < 4.78 is 21.6. The highest BCUT2D eigenvalue weighted by atomic mass is 19.1. The highest BCUT2D eigenvalue weighted by Crippen LogP contribution is 2.38. The number of allylic oxidation sites excluding steroid dienone is 1.